The Kier molecular flexibility index (Phi) is 4.55. The van der Waals surface area contributed by atoms with Crippen LogP contribution < -0.4 is 0 Å². The van der Waals surface area contributed by atoms with Gasteiger partial charge in [0, 0.05) is 16.5 Å². The standard InChI is InChI=1S/C23H14N2O2S3/c24-15-21-18(12-14-29-21)22-17-9-4-5-10-19(17)25(23(22)20-11-6-13-28-20)30(26,27)16-7-2-1-3-8-16/h1-14H. The van der Waals surface area contributed by atoms with E-state index in [-0.39, 0.29) is 4.90 Å². The number of thiophene rings is 2. The van der Waals surface area contributed by atoms with E-state index in [1.165, 1.54) is 26.6 Å². The summed E-state index contributed by atoms with van der Waals surface area (Å²) in [5.41, 5.74) is 2.70. The summed E-state index contributed by atoms with van der Waals surface area (Å²) in [4.78, 5) is 1.62. The Hall–Kier alpha value is -3.18. The molecule has 3 heterocycles. The summed E-state index contributed by atoms with van der Waals surface area (Å²) in [6, 6.07) is 23.9. The highest BCUT2D eigenvalue weighted by atomic mass is 32.2. The van der Waals surface area contributed by atoms with Crippen molar-refractivity contribution in [2.24, 2.45) is 0 Å². The molecule has 0 saturated heterocycles. The molecule has 0 saturated carbocycles. The molecule has 0 spiro atoms. The summed E-state index contributed by atoms with van der Waals surface area (Å²) >= 11 is 2.83. The lowest BCUT2D eigenvalue weighted by Gasteiger charge is -2.12. The van der Waals surface area contributed by atoms with Crippen LogP contribution in [0, 0.1) is 11.3 Å². The Labute approximate surface area is 182 Å². The predicted octanol–water partition coefficient (Wildman–Crippen LogP) is 6.21. The quantitative estimate of drug-likeness (QED) is 0.330. The maximum atomic E-state index is 13.8. The van der Waals surface area contributed by atoms with Crippen molar-refractivity contribution < 1.29 is 8.42 Å². The average molecular weight is 447 g/mol. The molecule has 0 N–H and O–H groups in total. The van der Waals surface area contributed by atoms with E-state index in [9.17, 15) is 13.7 Å². The van der Waals surface area contributed by atoms with Gasteiger partial charge in [0.25, 0.3) is 10.0 Å². The van der Waals surface area contributed by atoms with Gasteiger partial charge >= 0.3 is 0 Å². The molecule has 0 bridgehead atoms. The van der Waals surface area contributed by atoms with E-state index in [0.29, 0.717) is 16.1 Å². The van der Waals surface area contributed by atoms with Crippen molar-refractivity contribution in [2.75, 3.05) is 0 Å². The topological polar surface area (TPSA) is 62.9 Å². The van der Waals surface area contributed by atoms with Gasteiger partial charge in [-0.25, -0.2) is 12.4 Å². The van der Waals surface area contributed by atoms with Crippen LogP contribution in [0.3, 0.4) is 0 Å². The molecular weight excluding hydrogens is 432 g/mol. The van der Waals surface area contributed by atoms with Gasteiger partial charge in [0.05, 0.1) is 21.0 Å². The molecule has 2 aromatic carbocycles. The second kappa shape index (κ2) is 7.26. The molecule has 5 rings (SSSR count). The third-order valence-electron chi connectivity index (χ3n) is 4.90. The van der Waals surface area contributed by atoms with Crippen molar-refractivity contribution in [1.29, 1.82) is 5.26 Å². The number of aromatic nitrogens is 1. The van der Waals surface area contributed by atoms with Gasteiger partial charge in [-0.2, -0.15) is 5.26 Å². The van der Waals surface area contributed by atoms with Crippen LogP contribution in [-0.4, -0.2) is 12.4 Å². The van der Waals surface area contributed by atoms with Crippen molar-refractivity contribution in [3.63, 3.8) is 0 Å². The molecule has 7 heteroatoms. The maximum Gasteiger partial charge on any atom is 0.268 e. The number of hydrogen-bond acceptors (Lipinski definition) is 5. The third kappa shape index (κ3) is 2.81. The van der Waals surface area contributed by atoms with Gasteiger partial charge in [-0.1, -0.05) is 42.5 Å². The van der Waals surface area contributed by atoms with Crippen molar-refractivity contribution in [2.45, 2.75) is 4.90 Å². The SMILES string of the molecule is N#Cc1sccc1-c1c(-c2cccs2)n(S(=O)(=O)c2ccccc2)c2ccccc12. The first kappa shape index (κ1) is 18.8. The highest BCUT2D eigenvalue weighted by Gasteiger charge is 2.29. The smallest absolute Gasteiger partial charge is 0.232 e. The van der Waals surface area contributed by atoms with Crippen LogP contribution in [-0.2, 0) is 10.0 Å². The van der Waals surface area contributed by atoms with Gasteiger partial charge in [0.2, 0.25) is 0 Å². The van der Waals surface area contributed by atoms with Gasteiger partial charge in [-0.15, -0.1) is 22.7 Å². The molecule has 0 aliphatic rings. The fourth-order valence-electron chi connectivity index (χ4n) is 3.66. The molecule has 4 nitrogen and oxygen atoms in total. The lowest BCUT2D eigenvalue weighted by molar-refractivity contribution is 0.589. The molecule has 0 amide bonds. The van der Waals surface area contributed by atoms with E-state index >= 15 is 0 Å². The second-order valence-corrected chi connectivity index (χ2v) is 10.2. The van der Waals surface area contributed by atoms with Crippen LogP contribution in [0.15, 0.2) is 88.5 Å². The van der Waals surface area contributed by atoms with Crippen LogP contribution in [0.5, 0.6) is 0 Å². The molecular formula is C23H14N2O2S3. The van der Waals surface area contributed by atoms with Gasteiger partial charge in [0.15, 0.2) is 0 Å². The molecule has 0 fully saturated rings. The molecule has 0 atom stereocenters. The summed E-state index contributed by atoms with van der Waals surface area (Å²) in [6.45, 7) is 0. The number of rotatable bonds is 4. The molecule has 30 heavy (non-hydrogen) atoms. The summed E-state index contributed by atoms with van der Waals surface area (Å²) in [5, 5.41) is 14.2. The van der Waals surface area contributed by atoms with Gasteiger partial charge in [-0.05, 0) is 41.1 Å². The number of para-hydroxylation sites is 1. The Bertz CT molecular complexity index is 1500. The highest BCUT2D eigenvalue weighted by molar-refractivity contribution is 7.90. The van der Waals surface area contributed by atoms with Crippen molar-refractivity contribution in [3.8, 4) is 27.8 Å². The van der Waals surface area contributed by atoms with Gasteiger partial charge in [-0.3, -0.25) is 0 Å². The van der Waals surface area contributed by atoms with Gasteiger partial charge < -0.3 is 0 Å². The fraction of sp³-hybridized carbons (Fsp3) is 0. The fourth-order valence-corrected chi connectivity index (χ4v) is 6.73. The zero-order chi connectivity index (χ0) is 20.7. The first-order valence-corrected chi connectivity index (χ1v) is 12.3. The van der Waals surface area contributed by atoms with E-state index in [2.05, 4.69) is 6.07 Å². The Morgan fingerprint density at radius 1 is 0.833 bits per heavy atom. The monoisotopic (exact) mass is 446 g/mol. The Morgan fingerprint density at radius 3 is 2.33 bits per heavy atom. The van der Waals surface area contributed by atoms with Crippen LogP contribution in [0.1, 0.15) is 4.88 Å². The first-order valence-electron chi connectivity index (χ1n) is 9.09. The lowest BCUT2D eigenvalue weighted by Crippen LogP contribution is -2.14. The minimum atomic E-state index is -3.87. The maximum absolute atomic E-state index is 13.8. The van der Waals surface area contributed by atoms with Crippen LogP contribution in [0.2, 0.25) is 0 Å². The molecule has 146 valence electrons. The minimum Gasteiger partial charge on any atom is -0.232 e. The molecule has 0 aliphatic heterocycles. The van der Waals surface area contributed by atoms with E-state index in [1.54, 1.807) is 30.3 Å². The summed E-state index contributed by atoms with van der Waals surface area (Å²) in [7, 11) is -3.87. The van der Waals surface area contributed by atoms with E-state index in [4.69, 9.17) is 0 Å². The summed E-state index contributed by atoms with van der Waals surface area (Å²) < 4.78 is 29.0. The summed E-state index contributed by atoms with van der Waals surface area (Å²) in [5.74, 6) is 0. The predicted molar refractivity (Wildman–Crippen MR) is 122 cm³/mol. The highest BCUT2D eigenvalue weighted by Crippen LogP contribution is 2.45. The van der Waals surface area contributed by atoms with E-state index in [0.717, 1.165) is 21.4 Å². The number of fused-ring (bicyclic) bond motifs is 1. The Balaban J connectivity index is 1.98. The lowest BCUT2D eigenvalue weighted by atomic mass is 10.0. The average Bonchev–Trinajstić information content (AvgIpc) is 3.51. The van der Waals surface area contributed by atoms with Crippen molar-refractivity contribution in [1.82, 2.24) is 3.97 Å². The van der Waals surface area contributed by atoms with Crippen LogP contribution in [0.4, 0.5) is 0 Å². The zero-order valence-corrected chi connectivity index (χ0v) is 18.0. The first-order chi connectivity index (χ1) is 14.6. The molecule has 5 aromatic rings. The second-order valence-electron chi connectivity index (χ2n) is 6.58. The van der Waals surface area contributed by atoms with E-state index < -0.39 is 10.0 Å². The number of hydrogen-bond donors (Lipinski definition) is 0. The Morgan fingerprint density at radius 2 is 1.60 bits per heavy atom. The van der Waals surface area contributed by atoms with E-state index in [1.807, 2.05) is 53.2 Å². The summed E-state index contributed by atoms with van der Waals surface area (Å²) in [6.07, 6.45) is 0. The van der Waals surface area contributed by atoms with Crippen LogP contribution in [0.25, 0.3) is 32.6 Å². The number of nitrogens with zero attached hydrogens (tertiary/aromatic N) is 2. The van der Waals surface area contributed by atoms with Gasteiger partial charge in [0.1, 0.15) is 10.9 Å². The number of benzene rings is 2. The number of nitriles is 1. The zero-order valence-electron chi connectivity index (χ0n) is 15.5. The molecule has 0 aliphatic carbocycles. The van der Waals surface area contributed by atoms with Crippen LogP contribution >= 0.6 is 22.7 Å². The normalized spacial score (nSPS) is 11.6. The minimum absolute atomic E-state index is 0.223. The molecule has 3 aromatic heterocycles. The largest absolute Gasteiger partial charge is 0.268 e. The van der Waals surface area contributed by atoms with Crippen molar-refractivity contribution in [3.05, 3.63) is 88.4 Å². The molecule has 0 radical (unpaired) electrons. The third-order valence-corrected chi connectivity index (χ3v) is 8.33. The molecule has 0 unspecified atom stereocenters. The van der Waals surface area contributed by atoms with Crippen molar-refractivity contribution >= 4 is 43.6 Å².